The SMILES string of the molecule is COc1cc(OC)cc(-c2nc3c(c(=O)[nH]2)CNC3)c1. The predicted molar refractivity (Wildman–Crippen MR) is 73.9 cm³/mol. The summed E-state index contributed by atoms with van der Waals surface area (Å²) in [6.45, 7) is 1.19. The minimum Gasteiger partial charge on any atom is -0.497 e. The molecule has 0 unspecified atom stereocenters. The largest absolute Gasteiger partial charge is 0.497 e. The van der Waals surface area contributed by atoms with E-state index in [4.69, 9.17) is 9.47 Å². The molecule has 1 aliphatic rings. The number of rotatable bonds is 3. The van der Waals surface area contributed by atoms with Gasteiger partial charge in [0.05, 0.1) is 25.5 Å². The van der Waals surface area contributed by atoms with Crippen LogP contribution in [0.25, 0.3) is 11.4 Å². The molecule has 6 heteroatoms. The van der Waals surface area contributed by atoms with Crippen LogP contribution >= 0.6 is 0 Å². The van der Waals surface area contributed by atoms with Gasteiger partial charge in [0.1, 0.15) is 17.3 Å². The van der Waals surface area contributed by atoms with Gasteiger partial charge in [0.15, 0.2) is 0 Å². The predicted octanol–water partition coefficient (Wildman–Crippen LogP) is 1.06. The second-order valence-electron chi connectivity index (χ2n) is 4.54. The Kier molecular flexibility index (Phi) is 3.15. The molecule has 2 N–H and O–H groups in total. The van der Waals surface area contributed by atoms with E-state index >= 15 is 0 Å². The molecular weight excluding hydrogens is 258 g/mol. The molecule has 1 aromatic heterocycles. The Hall–Kier alpha value is -2.34. The van der Waals surface area contributed by atoms with E-state index in [0.29, 0.717) is 36.0 Å². The van der Waals surface area contributed by atoms with Gasteiger partial charge in [-0.1, -0.05) is 0 Å². The molecular formula is C14H15N3O3. The van der Waals surface area contributed by atoms with Crippen LogP contribution in [0, 0.1) is 0 Å². The number of aromatic nitrogens is 2. The molecule has 3 rings (SSSR count). The molecule has 1 aromatic carbocycles. The summed E-state index contributed by atoms with van der Waals surface area (Å²) in [4.78, 5) is 19.3. The van der Waals surface area contributed by atoms with Gasteiger partial charge >= 0.3 is 0 Å². The van der Waals surface area contributed by atoms with Crippen LogP contribution in [0.2, 0.25) is 0 Å². The van der Waals surface area contributed by atoms with Gasteiger partial charge in [-0.15, -0.1) is 0 Å². The molecule has 0 spiro atoms. The Bertz CT molecular complexity index is 687. The Morgan fingerprint density at radius 2 is 1.80 bits per heavy atom. The van der Waals surface area contributed by atoms with Gasteiger partial charge in [0.25, 0.3) is 5.56 Å². The third-order valence-corrected chi connectivity index (χ3v) is 3.32. The van der Waals surface area contributed by atoms with Crippen molar-refractivity contribution in [1.29, 1.82) is 0 Å². The third-order valence-electron chi connectivity index (χ3n) is 3.32. The fourth-order valence-corrected chi connectivity index (χ4v) is 2.26. The topological polar surface area (TPSA) is 76.2 Å². The molecule has 0 saturated heterocycles. The average molecular weight is 273 g/mol. The van der Waals surface area contributed by atoms with Crippen LogP contribution in [0.15, 0.2) is 23.0 Å². The van der Waals surface area contributed by atoms with E-state index in [-0.39, 0.29) is 5.56 Å². The van der Waals surface area contributed by atoms with Crippen LogP contribution in [0.4, 0.5) is 0 Å². The average Bonchev–Trinajstić information content (AvgIpc) is 2.95. The lowest BCUT2D eigenvalue weighted by Gasteiger charge is -2.08. The maximum absolute atomic E-state index is 12.0. The van der Waals surface area contributed by atoms with Crippen LogP contribution in [0.1, 0.15) is 11.3 Å². The number of nitrogens with zero attached hydrogens (tertiary/aromatic N) is 1. The number of methoxy groups -OCH3 is 2. The lowest BCUT2D eigenvalue weighted by atomic mass is 10.1. The van der Waals surface area contributed by atoms with Gasteiger partial charge < -0.3 is 19.8 Å². The molecule has 0 saturated carbocycles. The standard InChI is InChI=1S/C14H15N3O3/c1-19-9-3-8(4-10(5-9)20-2)13-16-12-7-15-6-11(12)14(18)17-13/h3-5,15H,6-7H2,1-2H3,(H,16,17,18). The van der Waals surface area contributed by atoms with Crippen molar-refractivity contribution in [2.75, 3.05) is 14.2 Å². The third kappa shape index (κ3) is 2.14. The van der Waals surface area contributed by atoms with Crippen molar-refractivity contribution in [3.05, 3.63) is 39.8 Å². The molecule has 1 aliphatic heterocycles. The van der Waals surface area contributed by atoms with Crippen LogP contribution in [0.3, 0.4) is 0 Å². The zero-order valence-corrected chi connectivity index (χ0v) is 11.3. The summed E-state index contributed by atoms with van der Waals surface area (Å²) in [7, 11) is 3.17. The molecule has 20 heavy (non-hydrogen) atoms. The van der Waals surface area contributed by atoms with Gasteiger partial charge in [-0.2, -0.15) is 0 Å². The number of ether oxygens (including phenoxy) is 2. The van der Waals surface area contributed by atoms with Crippen LogP contribution in [-0.4, -0.2) is 24.2 Å². The highest BCUT2D eigenvalue weighted by Crippen LogP contribution is 2.28. The van der Waals surface area contributed by atoms with Gasteiger partial charge in [-0.25, -0.2) is 4.98 Å². The zero-order valence-electron chi connectivity index (χ0n) is 11.3. The van der Waals surface area contributed by atoms with Crippen molar-refractivity contribution in [2.45, 2.75) is 13.1 Å². The Labute approximate surface area is 115 Å². The summed E-state index contributed by atoms with van der Waals surface area (Å²) < 4.78 is 10.5. The fraction of sp³-hybridized carbons (Fsp3) is 0.286. The van der Waals surface area contributed by atoms with Gasteiger partial charge in [0.2, 0.25) is 0 Å². The molecule has 104 valence electrons. The van der Waals surface area contributed by atoms with Crippen molar-refractivity contribution in [2.24, 2.45) is 0 Å². The number of hydrogen-bond acceptors (Lipinski definition) is 5. The lowest BCUT2D eigenvalue weighted by molar-refractivity contribution is 0.394. The lowest BCUT2D eigenvalue weighted by Crippen LogP contribution is -2.15. The van der Waals surface area contributed by atoms with E-state index in [1.165, 1.54) is 0 Å². The number of nitrogens with one attached hydrogen (secondary N) is 2. The van der Waals surface area contributed by atoms with Crippen LogP contribution < -0.4 is 20.3 Å². The van der Waals surface area contributed by atoms with E-state index in [1.54, 1.807) is 20.3 Å². The number of fused-ring (bicyclic) bond motifs is 1. The number of H-pyrrole nitrogens is 1. The normalized spacial score (nSPS) is 13.1. The number of aromatic amines is 1. The van der Waals surface area contributed by atoms with Gasteiger partial charge in [-0.05, 0) is 12.1 Å². The van der Waals surface area contributed by atoms with Crippen molar-refractivity contribution in [1.82, 2.24) is 15.3 Å². The fourth-order valence-electron chi connectivity index (χ4n) is 2.26. The molecule has 0 bridgehead atoms. The van der Waals surface area contributed by atoms with Crippen molar-refractivity contribution in [3.63, 3.8) is 0 Å². The molecule has 0 fully saturated rings. The second kappa shape index (κ2) is 4.97. The van der Waals surface area contributed by atoms with Crippen molar-refractivity contribution in [3.8, 4) is 22.9 Å². The maximum Gasteiger partial charge on any atom is 0.255 e. The summed E-state index contributed by atoms with van der Waals surface area (Å²) in [5, 5.41) is 3.12. The van der Waals surface area contributed by atoms with Crippen molar-refractivity contribution >= 4 is 0 Å². The molecule has 0 radical (unpaired) electrons. The number of benzene rings is 1. The van der Waals surface area contributed by atoms with E-state index < -0.39 is 0 Å². The van der Waals surface area contributed by atoms with E-state index in [1.807, 2.05) is 12.1 Å². The first-order chi connectivity index (χ1) is 9.71. The molecule has 0 amide bonds. The Morgan fingerprint density at radius 3 is 2.45 bits per heavy atom. The summed E-state index contributed by atoms with van der Waals surface area (Å²) >= 11 is 0. The molecule has 0 aliphatic carbocycles. The first-order valence-electron chi connectivity index (χ1n) is 6.27. The summed E-state index contributed by atoms with van der Waals surface area (Å²) in [6.07, 6.45) is 0. The monoisotopic (exact) mass is 273 g/mol. The highest BCUT2D eigenvalue weighted by molar-refractivity contribution is 5.61. The summed E-state index contributed by atoms with van der Waals surface area (Å²) in [5.74, 6) is 1.83. The minimum absolute atomic E-state index is 0.100. The number of hydrogen-bond donors (Lipinski definition) is 2. The molecule has 2 heterocycles. The van der Waals surface area contributed by atoms with Crippen molar-refractivity contribution < 1.29 is 9.47 Å². The summed E-state index contributed by atoms with van der Waals surface area (Å²) in [5.41, 5.74) is 2.17. The molecule has 6 nitrogen and oxygen atoms in total. The maximum atomic E-state index is 12.0. The smallest absolute Gasteiger partial charge is 0.255 e. The second-order valence-corrected chi connectivity index (χ2v) is 4.54. The Morgan fingerprint density at radius 1 is 1.10 bits per heavy atom. The van der Waals surface area contributed by atoms with Crippen LogP contribution in [0.5, 0.6) is 11.5 Å². The summed E-state index contributed by atoms with van der Waals surface area (Å²) in [6, 6.07) is 5.40. The van der Waals surface area contributed by atoms with E-state index in [9.17, 15) is 4.79 Å². The first-order valence-corrected chi connectivity index (χ1v) is 6.27. The molecule has 2 aromatic rings. The molecule has 0 atom stereocenters. The van der Waals surface area contributed by atoms with E-state index in [2.05, 4.69) is 15.3 Å². The quantitative estimate of drug-likeness (QED) is 0.874. The highest BCUT2D eigenvalue weighted by atomic mass is 16.5. The zero-order chi connectivity index (χ0) is 14.1. The van der Waals surface area contributed by atoms with E-state index in [0.717, 1.165) is 11.3 Å². The minimum atomic E-state index is -0.100. The Balaban J connectivity index is 2.13. The highest BCUT2D eigenvalue weighted by Gasteiger charge is 2.17. The van der Waals surface area contributed by atoms with Crippen LogP contribution in [-0.2, 0) is 13.1 Å². The van der Waals surface area contributed by atoms with Gasteiger partial charge in [-0.3, -0.25) is 4.79 Å². The van der Waals surface area contributed by atoms with Gasteiger partial charge in [0, 0.05) is 24.7 Å². The first kappa shape index (κ1) is 12.7.